The molecule has 1 aliphatic carbocycles. The average Bonchev–Trinajstić information content (AvgIpc) is 2.26. The number of rotatable bonds is 4. The molecule has 3 heteroatoms. The van der Waals surface area contributed by atoms with E-state index in [0.717, 1.165) is 12.8 Å². The van der Waals surface area contributed by atoms with Crippen LogP contribution in [0.2, 0.25) is 0 Å². The zero-order chi connectivity index (χ0) is 10.4. The molecule has 1 fully saturated rings. The van der Waals surface area contributed by atoms with E-state index in [4.69, 9.17) is 4.84 Å². The third kappa shape index (κ3) is 3.50. The summed E-state index contributed by atoms with van der Waals surface area (Å²) in [6.07, 6.45) is 6.60. The van der Waals surface area contributed by atoms with Gasteiger partial charge in [-0.1, -0.05) is 32.8 Å². The molecular weight excluding hydrogens is 178 g/mol. The van der Waals surface area contributed by atoms with E-state index in [9.17, 15) is 4.79 Å². The van der Waals surface area contributed by atoms with Crippen LogP contribution in [-0.4, -0.2) is 12.0 Å². The van der Waals surface area contributed by atoms with E-state index in [1.54, 1.807) is 0 Å². The van der Waals surface area contributed by atoms with E-state index < -0.39 is 0 Å². The molecule has 0 aromatic heterocycles. The van der Waals surface area contributed by atoms with E-state index in [-0.39, 0.29) is 5.97 Å². The van der Waals surface area contributed by atoms with Crippen molar-refractivity contribution in [1.29, 1.82) is 0 Å². The Morgan fingerprint density at radius 1 is 1.43 bits per heavy atom. The SMILES string of the molecule is C=C(CC)C(=O)ONC1CCCCC1. The van der Waals surface area contributed by atoms with Crippen LogP contribution < -0.4 is 5.48 Å². The topological polar surface area (TPSA) is 38.3 Å². The van der Waals surface area contributed by atoms with Crippen LogP contribution in [0.15, 0.2) is 12.2 Å². The number of carbonyl (C=O) groups is 1. The number of hydrogen-bond acceptors (Lipinski definition) is 3. The predicted molar refractivity (Wildman–Crippen MR) is 55.5 cm³/mol. The lowest BCUT2D eigenvalue weighted by Crippen LogP contribution is -2.33. The fourth-order valence-corrected chi connectivity index (χ4v) is 1.57. The molecule has 0 radical (unpaired) electrons. The highest BCUT2D eigenvalue weighted by molar-refractivity contribution is 5.87. The van der Waals surface area contributed by atoms with Crippen LogP contribution in [0.1, 0.15) is 45.4 Å². The highest BCUT2D eigenvalue weighted by atomic mass is 16.7. The Morgan fingerprint density at radius 2 is 2.07 bits per heavy atom. The van der Waals surface area contributed by atoms with E-state index >= 15 is 0 Å². The third-order valence-electron chi connectivity index (χ3n) is 2.64. The van der Waals surface area contributed by atoms with Crippen molar-refractivity contribution < 1.29 is 9.63 Å². The van der Waals surface area contributed by atoms with Gasteiger partial charge in [-0.3, -0.25) is 0 Å². The van der Waals surface area contributed by atoms with Crippen LogP contribution in [-0.2, 0) is 9.63 Å². The first-order valence-corrected chi connectivity index (χ1v) is 5.38. The molecule has 14 heavy (non-hydrogen) atoms. The molecule has 0 spiro atoms. The van der Waals surface area contributed by atoms with Gasteiger partial charge >= 0.3 is 5.97 Å². The number of nitrogens with one attached hydrogen (secondary N) is 1. The molecule has 0 aromatic carbocycles. The lowest BCUT2D eigenvalue weighted by molar-refractivity contribution is -0.148. The van der Waals surface area contributed by atoms with Crippen molar-refractivity contribution in [3.63, 3.8) is 0 Å². The Labute approximate surface area is 85.5 Å². The lowest BCUT2D eigenvalue weighted by atomic mass is 9.96. The highest BCUT2D eigenvalue weighted by Crippen LogP contribution is 2.17. The minimum Gasteiger partial charge on any atom is -0.367 e. The standard InChI is InChI=1S/C11H19NO2/c1-3-9(2)11(13)14-12-10-7-5-4-6-8-10/h10,12H,2-8H2,1H3. The average molecular weight is 197 g/mol. The minimum absolute atomic E-state index is 0.321. The monoisotopic (exact) mass is 197 g/mol. The Balaban J connectivity index is 2.18. The van der Waals surface area contributed by atoms with Crippen molar-refractivity contribution in [3.05, 3.63) is 12.2 Å². The molecule has 1 N–H and O–H groups in total. The largest absolute Gasteiger partial charge is 0.367 e. The van der Waals surface area contributed by atoms with Gasteiger partial charge in [0.1, 0.15) is 0 Å². The van der Waals surface area contributed by atoms with Crippen LogP contribution in [0.4, 0.5) is 0 Å². The van der Waals surface area contributed by atoms with Crippen molar-refractivity contribution in [2.75, 3.05) is 0 Å². The van der Waals surface area contributed by atoms with Crippen LogP contribution in [0.5, 0.6) is 0 Å². The second kappa shape index (κ2) is 5.81. The Morgan fingerprint density at radius 3 is 2.64 bits per heavy atom. The first-order chi connectivity index (χ1) is 6.74. The minimum atomic E-state index is -0.321. The van der Waals surface area contributed by atoms with Crippen molar-refractivity contribution in [2.45, 2.75) is 51.5 Å². The normalized spacial score (nSPS) is 17.8. The van der Waals surface area contributed by atoms with Gasteiger partial charge in [-0.05, 0) is 19.3 Å². The summed E-state index contributed by atoms with van der Waals surface area (Å²) < 4.78 is 0. The molecule has 3 nitrogen and oxygen atoms in total. The van der Waals surface area contributed by atoms with Crippen LogP contribution >= 0.6 is 0 Å². The Kier molecular flexibility index (Phi) is 4.66. The molecule has 0 atom stereocenters. The van der Waals surface area contributed by atoms with E-state index in [2.05, 4.69) is 12.1 Å². The maximum absolute atomic E-state index is 11.2. The predicted octanol–water partition coefficient (Wildman–Crippen LogP) is 2.33. The zero-order valence-electron chi connectivity index (χ0n) is 8.84. The maximum Gasteiger partial charge on any atom is 0.352 e. The second-order valence-corrected chi connectivity index (χ2v) is 3.80. The van der Waals surface area contributed by atoms with Crippen LogP contribution in [0, 0.1) is 0 Å². The molecule has 0 amide bonds. The van der Waals surface area contributed by atoms with Gasteiger partial charge in [-0.2, -0.15) is 0 Å². The zero-order valence-corrected chi connectivity index (χ0v) is 8.84. The molecule has 1 aliphatic rings. The summed E-state index contributed by atoms with van der Waals surface area (Å²) >= 11 is 0. The van der Waals surface area contributed by atoms with Crippen LogP contribution in [0.25, 0.3) is 0 Å². The molecule has 1 saturated carbocycles. The van der Waals surface area contributed by atoms with Gasteiger partial charge in [-0.25, -0.2) is 4.79 Å². The first kappa shape index (κ1) is 11.2. The van der Waals surface area contributed by atoms with Gasteiger partial charge < -0.3 is 4.84 Å². The molecular formula is C11H19NO2. The molecule has 0 heterocycles. The maximum atomic E-state index is 11.2. The summed E-state index contributed by atoms with van der Waals surface area (Å²) in [6, 6.07) is 0.345. The number of hydroxylamine groups is 1. The molecule has 0 aliphatic heterocycles. The van der Waals surface area contributed by atoms with Gasteiger partial charge in [0, 0.05) is 11.6 Å². The Hall–Kier alpha value is -0.830. The molecule has 0 unspecified atom stereocenters. The summed E-state index contributed by atoms with van der Waals surface area (Å²) in [5.41, 5.74) is 3.35. The fraction of sp³-hybridized carbons (Fsp3) is 0.727. The first-order valence-electron chi connectivity index (χ1n) is 5.38. The van der Waals surface area contributed by atoms with Crippen molar-refractivity contribution in [2.24, 2.45) is 0 Å². The third-order valence-corrected chi connectivity index (χ3v) is 2.64. The molecule has 0 bridgehead atoms. The lowest BCUT2D eigenvalue weighted by Gasteiger charge is -2.21. The summed E-state index contributed by atoms with van der Waals surface area (Å²) in [4.78, 5) is 16.2. The van der Waals surface area contributed by atoms with Gasteiger partial charge in [0.05, 0.1) is 0 Å². The summed E-state index contributed by atoms with van der Waals surface area (Å²) in [5.74, 6) is -0.321. The second-order valence-electron chi connectivity index (χ2n) is 3.80. The summed E-state index contributed by atoms with van der Waals surface area (Å²) in [5, 5.41) is 0. The molecule has 0 aromatic rings. The summed E-state index contributed by atoms with van der Waals surface area (Å²) in [6.45, 7) is 5.52. The van der Waals surface area contributed by atoms with E-state index in [1.807, 2.05) is 6.92 Å². The van der Waals surface area contributed by atoms with Gasteiger partial charge in [0.25, 0.3) is 0 Å². The van der Waals surface area contributed by atoms with Gasteiger partial charge in [0.2, 0.25) is 0 Å². The number of carbonyl (C=O) groups excluding carboxylic acids is 1. The summed E-state index contributed by atoms with van der Waals surface area (Å²) in [7, 11) is 0. The van der Waals surface area contributed by atoms with Crippen molar-refractivity contribution in [1.82, 2.24) is 5.48 Å². The Bertz CT molecular complexity index is 207. The van der Waals surface area contributed by atoms with E-state index in [0.29, 0.717) is 18.0 Å². The highest BCUT2D eigenvalue weighted by Gasteiger charge is 2.15. The van der Waals surface area contributed by atoms with Crippen LogP contribution in [0.3, 0.4) is 0 Å². The molecule has 1 rings (SSSR count). The van der Waals surface area contributed by atoms with Crippen molar-refractivity contribution >= 4 is 5.97 Å². The fourth-order valence-electron chi connectivity index (χ4n) is 1.57. The molecule has 80 valence electrons. The quantitative estimate of drug-likeness (QED) is 0.555. The van der Waals surface area contributed by atoms with Gasteiger partial charge in [-0.15, -0.1) is 5.48 Å². The van der Waals surface area contributed by atoms with E-state index in [1.165, 1.54) is 19.3 Å². The van der Waals surface area contributed by atoms with Gasteiger partial charge in [0.15, 0.2) is 0 Å². The number of hydrogen-bond donors (Lipinski definition) is 1. The van der Waals surface area contributed by atoms with Crippen molar-refractivity contribution in [3.8, 4) is 0 Å². The smallest absolute Gasteiger partial charge is 0.352 e. The molecule has 0 saturated heterocycles.